The van der Waals surface area contributed by atoms with Crippen LogP contribution in [0.15, 0.2) is 30.3 Å². The van der Waals surface area contributed by atoms with Gasteiger partial charge in [-0.15, -0.1) is 10.2 Å². The monoisotopic (exact) mass is 485 g/mol. The van der Waals surface area contributed by atoms with Gasteiger partial charge in [0.15, 0.2) is 5.82 Å². The van der Waals surface area contributed by atoms with Crippen molar-refractivity contribution in [2.45, 2.75) is 58.3 Å². The van der Waals surface area contributed by atoms with Gasteiger partial charge in [-0.1, -0.05) is 62.0 Å². The van der Waals surface area contributed by atoms with Gasteiger partial charge in [0.1, 0.15) is 11.5 Å². The largest absolute Gasteiger partial charge is 0.507 e. The summed E-state index contributed by atoms with van der Waals surface area (Å²) in [7, 11) is 0. The summed E-state index contributed by atoms with van der Waals surface area (Å²) in [5.74, 6) is 1.60. The first-order valence-electron chi connectivity index (χ1n) is 10.5. The molecule has 2 N–H and O–H groups in total. The minimum atomic E-state index is -0.103. The fourth-order valence-electron chi connectivity index (χ4n) is 3.55. The quantitative estimate of drug-likeness (QED) is 0.272. The van der Waals surface area contributed by atoms with Gasteiger partial charge < -0.3 is 9.84 Å². The summed E-state index contributed by atoms with van der Waals surface area (Å²) < 4.78 is 6.00. The van der Waals surface area contributed by atoms with Gasteiger partial charge in [-0.3, -0.25) is 0 Å². The maximum absolute atomic E-state index is 10.6. The number of phenolic OH excluding ortho intramolecular Hbond substituents is 1. The topological polar surface area (TPSA) is 83.9 Å². The third-order valence-corrected chi connectivity index (χ3v) is 5.82. The standard InChI is InChI=1S/C23H28Cl2N4O2.Na/c1-4-15-12-19(16-10-17(24)13-18(25)11-16)20(30)14-21(15)31-9-7-5-6-8-23(2,3)22-26-28-29-27-22;/h10-14,30H,4-9H2,1-3H3,(H,26,27,28,29);. The van der Waals surface area contributed by atoms with E-state index in [2.05, 4.69) is 41.4 Å². The second-order valence-electron chi connectivity index (χ2n) is 8.27. The molecule has 1 radical (unpaired) electrons. The van der Waals surface area contributed by atoms with E-state index in [4.69, 9.17) is 27.9 Å². The van der Waals surface area contributed by atoms with Crippen LogP contribution in [0, 0.1) is 0 Å². The van der Waals surface area contributed by atoms with E-state index >= 15 is 0 Å². The fourth-order valence-corrected chi connectivity index (χ4v) is 4.08. The van der Waals surface area contributed by atoms with Crippen LogP contribution in [0.2, 0.25) is 10.0 Å². The number of hydrogen-bond acceptors (Lipinski definition) is 5. The SMILES string of the molecule is CCc1cc(-c2cc(Cl)cc(Cl)c2)c(O)cc1OCCCCCC(C)(C)c1nn[nH]n1.[Na]. The summed E-state index contributed by atoms with van der Waals surface area (Å²) in [5, 5.41) is 26.0. The molecule has 0 unspecified atom stereocenters. The number of nitrogens with zero attached hydrogens (tertiary/aromatic N) is 3. The molecule has 3 aromatic rings. The van der Waals surface area contributed by atoms with Crippen LogP contribution < -0.4 is 4.74 Å². The molecule has 0 saturated carbocycles. The van der Waals surface area contributed by atoms with Gasteiger partial charge in [-0.05, 0) is 54.7 Å². The van der Waals surface area contributed by atoms with Crippen molar-refractivity contribution in [1.29, 1.82) is 0 Å². The van der Waals surface area contributed by atoms with Crippen LogP contribution in [-0.4, -0.2) is 61.9 Å². The van der Waals surface area contributed by atoms with Crippen LogP contribution in [0.25, 0.3) is 11.1 Å². The smallest absolute Gasteiger partial charge is 0.180 e. The Kier molecular flexibility index (Phi) is 10.3. The van der Waals surface area contributed by atoms with E-state index in [0.29, 0.717) is 28.0 Å². The summed E-state index contributed by atoms with van der Waals surface area (Å²) >= 11 is 12.2. The molecular weight excluding hydrogens is 458 g/mol. The van der Waals surface area contributed by atoms with Crippen LogP contribution in [0.3, 0.4) is 0 Å². The number of nitrogens with one attached hydrogen (secondary N) is 1. The Bertz CT molecular complexity index is 993. The van der Waals surface area contributed by atoms with Gasteiger partial charge >= 0.3 is 0 Å². The third kappa shape index (κ3) is 7.09. The molecule has 1 aromatic heterocycles. The van der Waals surface area contributed by atoms with E-state index in [1.165, 1.54) is 0 Å². The van der Waals surface area contributed by atoms with Gasteiger partial charge in [0.05, 0.1) is 6.61 Å². The molecule has 0 bridgehead atoms. The van der Waals surface area contributed by atoms with E-state index in [1.54, 1.807) is 24.3 Å². The molecule has 0 amide bonds. The van der Waals surface area contributed by atoms with E-state index in [-0.39, 0.29) is 40.7 Å². The molecule has 1 heterocycles. The summed E-state index contributed by atoms with van der Waals surface area (Å²) in [4.78, 5) is 0. The molecule has 6 nitrogen and oxygen atoms in total. The molecule has 0 fully saturated rings. The zero-order valence-electron chi connectivity index (χ0n) is 19.1. The number of phenols is 1. The van der Waals surface area contributed by atoms with Crippen LogP contribution in [-0.2, 0) is 11.8 Å². The molecule has 32 heavy (non-hydrogen) atoms. The van der Waals surface area contributed by atoms with Gasteiger partial charge in [-0.2, -0.15) is 5.21 Å². The first-order chi connectivity index (χ1) is 14.8. The van der Waals surface area contributed by atoms with Crippen molar-refractivity contribution in [1.82, 2.24) is 20.6 Å². The number of aromatic amines is 1. The van der Waals surface area contributed by atoms with Gasteiger partial charge in [0.25, 0.3) is 0 Å². The molecule has 0 aliphatic heterocycles. The van der Waals surface area contributed by atoms with Gasteiger partial charge in [0.2, 0.25) is 0 Å². The molecule has 9 heteroatoms. The van der Waals surface area contributed by atoms with Crippen LogP contribution in [0.5, 0.6) is 11.5 Å². The Balaban J connectivity index is 0.00000363. The molecule has 2 aromatic carbocycles. The zero-order valence-corrected chi connectivity index (χ0v) is 22.6. The molecule has 3 rings (SSSR count). The van der Waals surface area contributed by atoms with Gasteiger partial charge in [-0.25, -0.2) is 0 Å². The number of tetrazole rings is 1. The Labute approximate surface area is 221 Å². The minimum Gasteiger partial charge on any atom is -0.507 e. The summed E-state index contributed by atoms with van der Waals surface area (Å²) in [6, 6.07) is 8.88. The van der Waals surface area contributed by atoms with Crippen molar-refractivity contribution in [2.24, 2.45) is 0 Å². The number of aromatic hydroxyl groups is 1. The van der Waals surface area contributed by atoms with Crippen LogP contribution in [0.1, 0.15) is 57.8 Å². The number of benzene rings is 2. The molecule has 0 saturated heterocycles. The first kappa shape index (κ1) is 26.9. The zero-order chi connectivity index (χ0) is 22.4. The summed E-state index contributed by atoms with van der Waals surface area (Å²) in [6.45, 7) is 6.91. The molecule has 0 atom stereocenters. The normalized spacial score (nSPS) is 11.3. The van der Waals surface area contributed by atoms with E-state index < -0.39 is 0 Å². The Morgan fingerprint density at radius 2 is 1.75 bits per heavy atom. The van der Waals surface area contributed by atoms with Crippen LogP contribution >= 0.6 is 23.2 Å². The molecular formula is C23H28Cl2N4NaO2. The van der Waals surface area contributed by atoms with Crippen molar-refractivity contribution in [3.8, 4) is 22.6 Å². The number of unbranched alkanes of at least 4 members (excludes halogenated alkanes) is 2. The van der Waals surface area contributed by atoms with Crippen molar-refractivity contribution in [3.05, 3.63) is 51.8 Å². The predicted molar refractivity (Wildman–Crippen MR) is 130 cm³/mol. The molecule has 0 aliphatic rings. The van der Waals surface area contributed by atoms with Crippen molar-refractivity contribution in [2.75, 3.05) is 6.61 Å². The molecule has 0 aliphatic carbocycles. The number of hydrogen-bond donors (Lipinski definition) is 2. The number of aromatic nitrogens is 4. The maximum atomic E-state index is 10.6. The average molecular weight is 486 g/mol. The molecule has 0 spiro atoms. The Hall–Kier alpha value is -1.31. The third-order valence-electron chi connectivity index (χ3n) is 5.39. The number of H-pyrrole nitrogens is 1. The predicted octanol–water partition coefficient (Wildman–Crippen LogP) is 5.98. The fraction of sp³-hybridized carbons (Fsp3) is 0.435. The van der Waals surface area contributed by atoms with E-state index in [1.807, 2.05) is 6.07 Å². The number of rotatable bonds is 10. The van der Waals surface area contributed by atoms with E-state index in [9.17, 15) is 5.11 Å². The van der Waals surface area contributed by atoms with Gasteiger partial charge in [0, 0.05) is 56.6 Å². The van der Waals surface area contributed by atoms with Crippen LogP contribution in [0.4, 0.5) is 0 Å². The van der Waals surface area contributed by atoms with E-state index in [0.717, 1.165) is 49.1 Å². The number of ether oxygens (including phenoxy) is 1. The number of halogens is 2. The Morgan fingerprint density at radius 1 is 1.03 bits per heavy atom. The van der Waals surface area contributed by atoms with Crippen molar-refractivity contribution in [3.63, 3.8) is 0 Å². The first-order valence-corrected chi connectivity index (χ1v) is 11.2. The second-order valence-corrected chi connectivity index (χ2v) is 9.14. The second kappa shape index (κ2) is 12.2. The van der Waals surface area contributed by atoms with Crippen molar-refractivity contribution < 1.29 is 9.84 Å². The minimum absolute atomic E-state index is 0. The number of aryl methyl sites for hydroxylation is 1. The Morgan fingerprint density at radius 3 is 2.38 bits per heavy atom. The average Bonchev–Trinajstić information content (AvgIpc) is 3.26. The summed E-state index contributed by atoms with van der Waals surface area (Å²) in [5.41, 5.74) is 2.40. The summed E-state index contributed by atoms with van der Waals surface area (Å²) in [6.07, 6.45) is 4.77. The maximum Gasteiger partial charge on any atom is 0.180 e. The van der Waals surface area contributed by atoms with Crippen molar-refractivity contribution >= 4 is 52.8 Å². The molecule has 167 valence electrons.